The van der Waals surface area contributed by atoms with Gasteiger partial charge in [-0.3, -0.25) is 0 Å². The van der Waals surface area contributed by atoms with E-state index >= 15 is 0 Å². The molecule has 10 bridgehead atoms. The van der Waals surface area contributed by atoms with Gasteiger partial charge in [0.2, 0.25) is 0 Å². The number of aromatic nitrogens is 4. The molecule has 0 amide bonds. The summed E-state index contributed by atoms with van der Waals surface area (Å²) in [5.74, 6) is 2.96. The van der Waals surface area contributed by atoms with Crippen molar-refractivity contribution in [3.05, 3.63) is 238 Å². The van der Waals surface area contributed by atoms with Gasteiger partial charge in [0.15, 0.2) is 0 Å². The largest absolute Gasteiger partial charge is 0.497 e. The lowest BCUT2D eigenvalue weighted by atomic mass is 9.52. The maximum absolute atomic E-state index is 5.82. The quantitative estimate of drug-likeness (QED) is 0.157. The summed E-state index contributed by atoms with van der Waals surface area (Å²) in [7, 11) is 6.85. The van der Waals surface area contributed by atoms with E-state index in [2.05, 4.69) is 192 Å². The number of hydrogen-bond acceptors (Lipinski definition) is 6. The molecule has 5 heterocycles. The Balaban J connectivity index is 1.14. The molecule has 0 fully saturated rings. The van der Waals surface area contributed by atoms with Gasteiger partial charge in [0, 0.05) is 68.3 Å². The topological polar surface area (TPSA) is 94.3 Å². The fourth-order valence-electron chi connectivity index (χ4n) is 13.4. The second-order valence-corrected chi connectivity index (χ2v) is 20.7. The maximum Gasteiger partial charge on any atom is 0.118 e. The van der Waals surface area contributed by atoms with E-state index < -0.39 is 0 Å². The first-order valence-electron chi connectivity index (χ1n) is 26.6. The summed E-state index contributed by atoms with van der Waals surface area (Å²) in [5.41, 5.74) is 21.1. The van der Waals surface area contributed by atoms with Crippen LogP contribution in [-0.2, 0) is 0 Å². The monoisotopic (exact) mass is 1010 g/mol. The molecule has 2 unspecified atom stereocenters. The summed E-state index contributed by atoms with van der Waals surface area (Å²) in [5, 5.41) is 4.96. The first-order valence-corrected chi connectivity index (χ1v) is 26.6. The molecule has 3 aliphatic heterocycles. The number of hydrogen-bond donors (Lipinski definition) is 2. The third-order valence-electron chi connectivity index (χ3n) is 16.9. The lowest BCUT2D eigenvalue weighted by Crippen LogP contribution is -2.35. The SMILES string of the molecule is COc1ccc(-c2c3nc(c(-c4ccc(OC)cc4)c4ccc([nH]4)c(-c4ccc(OC)cc4)c4nc(c(-c5ccc(OC)cc5)c5[nH]c2C2C6c7cc8ccccc8cc7C(c7cc8ccccc8cc76)C52)C=C4)C=C3)cc1. The molecule has 0 spiro atoms. The number of H-pyrrole nitrogens is 2. The van der Waals surface area contributed by atoms with Crippen LogP contribution in [0, 0.1) is 0 Å². The minimum absolute atomic E-state index is 0.0299. The molecule has 0 saturated carbocycles. The second kappa shape index (κ2) is 18.0. The summed E-state index contributed by atoms with van der Waals surface area (Å²) in [4.78, 5) is 19.9. The van der Waals surface area contributed by atoms with E-state index in [-0.39, 0.29) is 23.7 Å². The normalized spacial score (nSPS) is 16.9. The zero-order chi connectivity index (χ0) is 52.2. The average molecular weight is 1010 g/mol. The van der Waals surface area contributed by atoms with Gasteiger partial charge in [-0.25, -0.2) is 9.97 Å². The van der Waals surface area contributed by atoms with Crippen LogP contribution in [-0.4, -0.2) is 48.4 Å². The van der Waals surface area contributed by atoms with Crippen molar-refractivity contribution in [1.29, 1.82) is 0 Å². The van der Waals surface area contributed by atoms with Crippen molar-refractivity contribution in [3.63, 3.8) is 0 Å². The van der Waals surface area contributed by atoms with E-state index in [1.54, 1.807) is 28.4 Å². The van der Waals surface area contributed by atoms with Crippen molar-refractivity contribution in [1.82, 2.24) is 19.9 Å². The fraction of sp³-hybridized carbons (Fsp3) is 0.114. The third kappa shape index (κ3) is 7.13. The van der Waals surface area contributed by atoms with Crippen molar-refractivity contribution < 1.29 is 18.9 Å². The zero-order valence-electron chi connectivity index (χ0n) is 43.5. The molecule has 3 aliphatic carbocycles. The van der Waals surface area contributed by atoms with Crippen molar-refractivity contribution in [2.75, 3.05) is 28.4 Å². The van der Waals surface area contributed by atoms with Crippen molar-refractivity contribution >= 4 is 56.9 Å². The Morgan fingerprint density at radius 2 is 0.603 bits per heavy atom. The molecular weight excluding hydrogens is 961 g/mol. The molecule has 0 radical (unpaired) electrons. The lowest BCUT2D eigenvalue weighted by molar-refractivity contribution is 0.404. The van der Waals surface area contributed by atoms with Gasteiger partial charge in [0.25, 0.3) is 0 Å². The number of ether oxygens (including phenoxy) is 4. The Hall–Kier alpha value is -9.66. The van der Waals surface area contributed by atoms with Gasteiger partial charge in [-0.2, -0.15) is 0 Å². The molecule has 16 rings (SSSR count). The van der Waals surface area contributed by atoms with Crippen LogP contribution >= 0.6 is 0 Å². The predicted molar refractivity (Wildman–Crippen MR) is 315 cm³/mol. The molecule has 2 N–H and O–H groups in total. The molecule has 0 saturated heterocycles. The number of aromatic amines is 2. The van der Waals surface area contributed by atoms with Gasteiger partial charge >= 0.3 is 0 Å². The minimum atomic E-state index is -0.0556. The molecule has 78 heavy (non-hydrogen) atoms. The maximum atomic E-state index is 5.82. The third-order valence-corrected chi connectivity index (χ3v) is 16.9. The fourth-order valence-corrected chi connectivity index (χ4v) is 13.4. The molecule has 6 aliphatic rings. The van der Waals surface area contributed by atoms with Crippen LogP contribution in [0.4, 0.5) is 0 Å². The molecular formula is C70H52N4O4. The summed E-state index contributed by atoms with van der Waals surface area (Å²) < 4.78 is 23.0. The van der Waals surface area contributed by atoms with Gasteiger partial charge in [0.05, 0.1) is 51.2 Å². The first kappa shape index (κ1) is 45.7. The van der Waals surface area contributed by atoms with Gasteiger partial charge < -0.3 is 28.9 Å². The van der Waals surface area contributed by atoms with Gasteiger partial charge in [-0.1, -0.05) is 121 Å². The highest BCUT2D eigenvalue weighted by Gasteiger charge is 2.55. The average Bonchev–Trinajstić information content (AvgIpc) is 2.65. The Morgan fingerprint density at radius 3 is 0.897 bits per heavy atom. The highest BCUT2D eigenvalue weighted by molar-refractivity contribution is 5.98. The van der Waals surface area contributed by atoms with E-state index in [1.807, 2.05) is 24.3 Å². The van der Waals surface area contributed by atoms with Crippen LogP contribution < -0.4 is 18.9 Å². The Morgan fingerprint density at radius 1 is 0.321 bits per heavy atom. The van der Waals surface area contributed by atoms with Crippen LogP contribution in [0.1, 0.15) is 80.1 Å². The predicted octanol–water partition coefficient (Wildman–Crippen LogP) is 16.5. The molecule has 8 nitrogen and oxygen atoms in total. The number of benzene rings is 8. The van der Waals surface area contributed by atoms with E-state index in [1.165, 1.54) is 43.8 Å². The molecule has 8 aromatic carbocycles. The first-order chi connectivity index (χ1) is 38.4. The molecule has 2 aromatic heterocycles. The van der Waals surface area contributed by atoms with Crippen molar-refractivity contribution in [2.45, 2.75) is 23.7 Å². The van der Waals surface area contributed by atoms with E-state index in [9.17, 15) is 0 Å². The van der Waals surface area contributed by atoms with Crippen LogP contribution in [0.25, 0.3) is 101 Å². The van der Waals surface area contributed by atoms with E-state index in [0.717, 1.165) is 113 Å². The number of rotatable bonds is 8. The lowest BCUT2D eigenvalue weighted by Gasteiger charge is -2.49. The summed E-state index contributed by atoms with van der Waals surface area (Å²) in [6, 6.07) is 65.5. The number of fused-ring (bicyclic) bond motifs is 10. The van der Waals surface area contributed by atoms with E-state index in [4.69, 9.17) is 28.9 Å². The van der Waals surface area contributed by atoms with Crippen molar-refractivity contribution in [3.8, 4) is 67.5 Å². The van der Waals surface area contributed by atoms with Gasteiger partial charge in [0.1, 0.15) is 23.0 Å². The highest BCUT2D eigenvalue weighted by atomic mass is 16.5. The summed E-state index contributed by atoms with van der Waals surface area (Å²) in [6.45, 7) is 0. The smallest absolute Gasteiger partial charge is 0.118 e. The summed E-state index contributed by atoms with van der Waals surface area (Å²) >= 11 is 0. The summed E-state index contributed by atoms with van der Waals surface area (Å²) in [6.07, 6.45) is 8.77. The molecule has 376 valence electrons. The van der Waals surface area contributed by atoms with E-state index in [0.29, 0.717) is 0 Å². The van der Waals surface area contributed by atoms with Crippen LogP contribution in [0.2, 0.25) is 0 Å². The van der Waals surface area contributed by atoms with Crippen LogP contribution in [0.5, 0.6) is 23.0 Å². The Kier molecular flexibility index (Phi) is 10.5. The highest BCUT2D eigenvalue weighted by Crippen LogP contribution is 2.68. The molecule has 8 heteroatoms. The second-order valence-electron chi connectivity index (χ2n) is 20.7. The molecule has 2 atom stereocenters. The number of nitrogens with zero attached hydrogens (tertiary/aromatic N) is 2. The molecule has 10 aromatic rings. The van der Waals surface area contributed by atoms with Crippen molar-refractivity contribution in [2.24, 2.45) is 0 Å². The number of methoxy groups -OCH3 is 4. The Labute approximate surface area is 451 Å². The Bertz CT molecular complexity index is 4010. The van der Waals surface area contributed by atoms with Crippen LogP contribution in [0.15, 0.2) is 182 Å². The standard InChI is InChI=1S/C70H52N4O4/c1-75-47-21-13-39(14-22-47)61-55-29-30-56(71-55)62(40-15-23-48(76-2)24-16-40)58-32-34-60(73-58)64(42-19-27-50(78-4)28-20-42)70-68-66-53-37-45-11-7-5-9-43(45)35-51(53)65(52-36-44-10-6-8-12-46(44)38-54(52)66)67(68)69(74-70)63(59-33-31-57(61)72-59)41-17-25-49(77-3)26-18-41/h5-38,65-68,71,74H,1-4H3. The van der Waals surface area contributed by atoms with Crippen LogP contribution in [0.3, 0.4) is 0 Å². The van der Waals surface area contributed by atoms with Gasteiger partial charge in [-0.05, 0) is 151 Å². The number of nitrogens with one attached hydrogen (secondary N) is 2. The minimum Gasteiger partial charge on any atom is -0.497 e. The van der Waals surface area contributed by atoms with Gasteiger partial charge in [-0.15, -0.1) is 0 Å². The zero-order valence-corrected chi connectivity index (χ0v) is 43.5.